The highest BCUT2D eigenvalue weighted by molar-refractivity contribution is 14.1. The van der Waals surface area contributed by atoms with E-state index < -0.39 is 29.4 Å². The molecule has 0 bridgehead atoms. The van der Waals surface area contributed by atoms with Crippen molar-refractivity contribution in [1.82, 2.24) is 25.4 Å². The summed E-state index contributed by atoms with van der Waals surface area (Å²) >= 11 is 7.38. The van der Waals surface area contributed by atoms with Crippen LogP contribution >= 0.6 is 68.8 Å². The van der Waals surface area contributed by atoms with Crippen molar-refractivity contribution in [3.8, 4) is 0 Å². The number of hydrogen-bond acceptors (Lipinski definition) is 12. The Labute approximate surface area is 294 Å². The average molecular weight is 805 g/mol. The molecule has 0 spiro atoms. The molecule has 2 unspecified atom stereocenters. The van der Waals surface area contributed by atoms with Crippen molar-refractivity contribution in [3.05, 3.63) is 92.5 Å². The third kappa shape index (κ3) is 6.85. The summed E-state index contributed by atoms with van der Waals surface area (Å²) in [4.78, 5) is 57.7. The van der Waals surface area contributed by atoms with Crippen LogP contribution in [0.2, 0.25) is 0 Å². The van der Waals surface area contributed by atoms with Crippen molar-refractivity contribution >= 4 is 104 Å². The molecule has 4 heterocycles. The molecule has 46 heavy (non-hydrogen) atoms. The molecule has 6 rings (SSSR count). The number of amides is 3. The lowest BCUT2D eigenvalue weighted by molar-refractivity contribution is -0.164. The Morgan fingerprint density at radius 3 is 2.48 bits per heavy atom. The number of hydrogen-bond donors (Lipinski definition) is 2. The molecule has 16 heteroatoms. The van der Waals surface area contributed by atoms with Crippen molar-refractivity contribution < 1.29 is 23.9 Å². The lowest BCUT2D eigenvalue weighted by Crippen LogP contribution is -2.74. The van der Waals surface area contributed by atoms with Crippen LogP contribution in [-0.2, 0) is 23.9 Å². The maximum atomic E-state index is 14.3. The molecule has 2 N–H and O–H groups in total. The van der Waals surface area contributed by atoms with Gasteiger partial charge in [-0.2, -0.15) is 0 Å². The zero-order valence-electron chi connectivity index (χ0n) is 23.8. The zero-order chi connectivity index (χ0) is 32.1. The number of carbonyl (C=O) groups excluding carboxylic acids is 4. The van der Waals surface area contributed by atoms with Gasteiger partial charge >= 0.3 is 5.97 Å². The molecule has 3 atom stereocenters. The number of rotatable bonds is 12. The van der Waals surface area contributed by atoms with Gasteiger partial charge in [-0.25, -0.2) is 4.98 Å². The molecule has 2 aliphatic rings. The number of anilines is 1. The fourth-order valence-electron chi connectivity index (χ4n) is 5.09. The summed E-state index contributed by atoms with van der Waals surface area (Å²) in [6.07, 6.45) is -0.115. The monoisotopic (exact) mass is 804 g/mol. The van der Waals surface area contributed by atoms with Crippen molar-refractivity contribution in [2.75, 3.05) is 23.4 Å². The fourth-order valence-corrected chi connectivity index (χ4v) is 9.70. The Morgan fingerprint density at radius 1 is 1.13 bits per heavy atom. The van der Waals surface area contributed by atoms with E-state index in [1.165, 1.54) is 46.2 Å². The maximum absolute atomic E-state index is 14.3. The summed E-state index contributed by atoms with van der Waals surface area (Å²) in [7, 11) is 0. The molecule has 2 fully saturated rings. The summed E-state index contributed by atoms with van der Waals surface area (Å²) in [5, 5.41) is 15.0. The van der Waals surface area contributed by atoms with Gasteiger partial charge in [0.1, 0.15) is 22.3 Å². The van der Waals surface area contributed by atoms with Gasteiger partial charge in [-0.15, -0.1) is 33.3 Å². The highest BCUT2D eigenvalue weighted by Gasteiger charge is 2.58. The van der Waals surface area contributed by atoms with Gasteiger partial charge in [0.15, 0.2) is 15.6 Å². The van der Waals surface area contributed by atoms with E-state index in [9.17, 15) is 19.2 Å². The summed E-state index contributed by atoms with van der Waals surface area (Å²) in [6, 6.07) is 18.4. The van der Waals surface area contributed by atoms with Crippen LogP contribution < -0.4 is 10.6 Å². The Hall–Kier alpha value is -3.32. The third-order valence-corrected chi connectivity index (χ3v) is 12.6. The summed E-state index contributed by atoms with van der Waals surface area (Å²) in [6.45, 7) is 0.137. The van der Waals surface area contributed by atoms with Crippen molar-refractivity contribution in [2.45, 2.75) is 21.9 Å². The molecule has 0 aliphatic carbocycles. The molecule has 2 aromatic heterocycles. The summed E-state index contributed by atoms with van der Waals surface area (Å²) in [5.41, 5.74) is 2.94. The minimum atomic E-state index is -1.04. The quantitative estimate of drug-likeness (QED) is 0.0510. The molecule has 2 aromatic carbocycles. The lowest BCUT2D eigenvalue weighted by Gasteiger charge is -2.54. The van der Waals surface area contributed by atoms with Gasteiger partial charge in [-0.05, 0) is 15.2 Å². The molecule has 2 saturated heterocycles. The predicted molar refractivity (Wildman–Crippen MR) is 188 cm³/mol. The molecule has 0 radical (unpaired) electrons. The first-order valence-electron chi connectivity index (χ1n) is 13.8. The molecule has 236 valence electrons. The van der Waals surface area contributed by atoms with Gasteiger partial charge in [-0.1, -0.05) is 106 Å². The molecule has 2 aliphatic heterocycles. The van der Waals surface area contributed by atoms with Crippen molar-refractivity contribution in [2.24, 2.45) is 5.41 Å². The predicted octanol–water partition coefficient (Wildman–Crippen LogP) is 4.85. The van der Waals surface area contributed by atoms with Crippen LogP contribution in [0, 0.1) is 5.41 Å². The Bertz CT molecular complexity index is 1700. The van der Waals surface area contributed by atoms with E-state index in [4.69, 9.17) is 4.74 Å². The number of β-lactam (4-membered cyclic amide) rings is 1. The number of nitrogens with one attached hydrogen (secondary N) is 2. The number of esters is 1. The van der Waals surface area contributed by atoms with Gasteiger partial charge in [0.2, 0.25) is 12.3 Å². The Balaban J connectivity index is 1.20. The first kappa shape index (κ1) is 32.6. The average Bonchev–Trinajstić information content (AvgIpc) is 3.79. The van der Waals surface area contributed by atoms with E-state index in [2.05, 4.69) is 25.8 Å². The van der Waals surface area contributed by atoms with Crippen LogP contribution in [0.1, 0.15) is 22.9 Å². The molecule has 3 amide bonds. The van der Waals surface area contributed by atoms with Crippen molar-refractivity contribution in [3.63, 3.8) is 0 Å². The second-order valence-corrected chi connectivity index (χ2v) is 15.0. The first-order valence-corrected chi connectivity index (χ1v) is 18.9. The fraction of sp³-hybridized carbons (Fsp3) is 0.233. The SMILES string of the molecule is O=CNc1nc(C(=CI)C(=O)NC2C(=O)N3CC(CSc4nncs4)(C(=O)OC(c4ccccc4)c4ccccc4)CS[C@H]23)cs1. The van der Waals surface area contributed by atoms with Crippen LogP contribution in [0.4, 0.5) is 5.13 Å². The van der Waals surface area contributed by atoms with E-state index in [-0.39, 0.29) is 23.4 Å². The topological polar surface area (TPSA) is 143 Å². The van der Waals surface area contributed by atoms with E-state index in [1.807, 2.05) is 83.3 Å². The standard InChI is InChI=1S/C30H25IN6O5S4/c31-11-20(21-12-43-28(34-21)32-16-38)24(39)35-22-25(40)37-13-30(14-44-26(22)37,15-45-29-36-33-17-46-29)27(41)42-23(18-7-3-1-4-8-18)19-9-5-2-6-10-19/h1-12,16-17,22-23,26H,13-15H2,(H,35,39)(H,32,34,38)/t22?,26-,30?/m1/s1. The Kier molecular flexibility index (Phi) is 10.4. The normalized spacial score (nSPS) is 20.9. The number of aromatic nitrogens is 3. The van der Waals surface area contributed by atoms with E-state index in [0.717, 1.165) is 11.1 Å². The number of fused-ring (bicyclic) bond motifs is 1. The second-order valence-electron chi connectivity index (χ2n) is 10.3. The van der Waals surface area contributed by atoms with Gasteiger partial charge in [0.05, 0.1) is 11.3 Å². The van der Waals surface area contributed by atoms with Crippen LogP contribution in [0.3, 0.4) is 0 Å². The smallest absolute Gasteiger partial charge is 0.316 e. The van der Waals surface area contributed by atoms with Gasteiger partial charge in [-0.3, -0.25) is 19.2 Å². The number of halogens is 1. The highest BCUT2D eigenvalue weighted by atomic mass is 127. The van der Waals surface area contributed by atoms with Gasteiger partial charge in [0.25, 0.3) is 5.91 Å². The van der Waals surface area contributed by atoms with Crippen LogP contribution in [0.15, 0.2) is 80.0 Å². The summed E-state index contributed by atoms with van der Waals surface area (Å²) in [5.74, 6) is -0.433. The van der Waals surface area contributed by atoms with E-state index in [0.29, 0.717) is 33.1 Å². The van der Waals surface area contributed by atoms with Gasteiger partial charge in [0, 0.05) is 23.4 Å². The second kappa shape index (κ2) is 14.6. The molecule has 4 aromatic rings. The number of carbonyl (C=O) groups is 4. The third-order valence-electron chi connectivity index (χ3n) is 7.42. The molecule has 11 nitrogen and oxygen atoms in total. The van der Waals surface area contributed by atoms with Crippen molar-refractivity contribution in [1.29, 1.82) is 0 Å². The largest absolute Gasteiger partial charge is 0.452 e. The number of benzene rings is 2. The Morgan fingerprint density at radius 2 is 1.85 bits per heavy atom. The highest BCUT2D eigenvalue weighted by Crippen LogP contribution is 2.46. The molecular formula is C30H25IN6O5S4. The summed E-state index contributed by atoms with van der Waals surface area (Å²) < 4.78 is 8.64. The minimum absolute atomic E-state index is 0.137. The minimum Gasteiger partial charge on any atom is -0.452 e. The number of nitrogens with zero attached hydrogens (tertiary/aromatic N) is 4. The number of thioether (sulfide) groups is 2. The van der Waals surface area contributed by atoms with E-state index in [1.54, 1.807) is 19.9 Å². The molecular weight excluding hydrogens is 780 g/mol. The number of thiazole rings is 1. The first-order chi connectivity index (χ1) is 22.4. The zero-order valence-corrected chi connectivity index (χ0v) is 29.2. The number of ether oxygens (including phenoxy) is 1. The lowest BCUT2D eigenvalue weighted by atomic mass is 9.88. The van der Waals surface area contributed by atoms with Crippen LogP contribution in [0.25, 0.3) is 5.57 Å². The van der Waals surface area contributed by atoms with Crippen LogP contribution in [0.5, 0.6) is 0 Å². The maximum Gasteiger partial charge on any atom is 0.316 e. The van der Waals surface area contributed by atoms with Crippen LogP contribution in [-0.4, -0.2) is 73.7 Å². The van der Waals surface area contributed by atoms with E-state index >= 15 is 0 Å². The molecule has 0 saturated carbocycles. The van der Waals surface area contributed by atoms with Gasteiger partial charge < -0.3 is 20.3 Å².